The van der Waals surface area contributed by atoms with Crippen LogP contribution in [0.3, 0.4) is 0 Å². The maximum atomic E-state index is 5.21. The van der Waals surface area contributed by atoms with Crippen molar-refractivity contribution in [1.29, 1.82) is 0 Å². The van der Waals surface area contributed by atoms with Crippen molar-refractivity contribution in [3.63, 3.8) is 0 Å². The summed E-state index contributed by atoms with van der Waals surface area (Å²) >= 11 is 0. The van der Waals surface area contributed by atoms with Gasteiger partial charge < -0.3 is 4.74 Å². The molecule has 0 aromatic heterocycles. The van der Waals surface area contributed by atoms with Crippen molar-refractivity contribution >= 4 is 0 Å². The second-order valence-electron chi connectivity index (χ2n) is 7.23. The standard InChI is InChI=1S/C27H24O/c1-28-26-16-14-22(15-17-26)12-13-23-18-20-27(21-19-23,24-8-4-2-5-9-24)25-10-6-3-7-11-25/h2-11,14-18H,19-21H2,1H3. The minimum atomic E-state index is 0.0355. The molecule has 1 nitrogen and oxygen atoms in total. The largest absolute Gasteiger partial charge is 0.497 e. The van der Waals surface area contributed by atoms with E-state index in [0.717, 1.165) is 30.6 Å². The lowest BCUT2D eigenvalue weighted by Crippen LogP contribution is -2.29. The zero-order chi connectivity index (χ0) is 19.2. The van der Waals surface area contributed by atoms with Gasteiger partial charge >= 0.3 is 0 Å². The number of methoxy groups -OCH3 is 1. The summed E-state index contributed by atoms with van der Waals surface area (Å²) in [5, 5.41) is 0. The number of rotatable bonds is 3. The second kappa shape index (κ2) is 8.19. The van der Waals surface area contributed by atoms with Gasteiger partial charge in [0.25, 0.3) is 0 Å². The van der Waals surface area contributed by atoms with Crippen LogP contribution in [0.15, 0.2) is 96.6 Å². The van der Waals surface area contributed by atoms with Gasteiger partial charge in [0.2, 0.25) is 0 Å². The molecule has 0 heterocycles. The Kier molecular flexibility index (Phi) is 5.31. The van der Waals surface area contributed by atoms with Crippen LogP contribution in [0.4, 0.5) is 0 Å². The van der Waals surface area contributed by atoms with Gasteiger partial charge in [-0.15, -0.1) is 0 Å². The third kappa shape index (κ3) is 3.73. The predicted molar refractivity (Wildman–Crippen MR) is 115 cm³/mol. The van der Waals surface area contributed by atoms with Crippen LogP contribution in [0.5, 0.6) is 5.75 Å². The van der Waals surface area contributed by atoms with E-state index in [4.69, 9.17) is 4.74 Å². The van der Waals surface area contributed by atoms with Crippen molar-refractivity contribution in [3.05, 3.63) is 113 Å². The Balaban J connectivity index is 1.61. The maximum Gasteiger partial charge on any atom is 0.118 e. The molecule has 1 aliphatic carbocycles. The molecule has 1 aliphatic rings. The monoisotopic (exact) mass is 364 g/mol. The lowest BCUT2D eigenvalue weighted by atomic mass is 9.66. The summed E-state index contributed by atoms with van der Waals surface area (Å²) in [5.41, 5.74) is 5.07. The lowest BCUT2D eigenvalue weighted by Gasteiger charge is -2.37. The van der Waals surface area contributed by atoms with Crippen molar-refractivity contribution in [2.45, 2.75) is 24.7 Å². The van der Waals surface area contributed by atoms with Gasteiger partial charge in [-0.2, -0.15) is 0 Å². The minimum Gasteiger partial charge on any atom is -0.497 e. The van der Waals surface area contributed by atoms with Crippen LogP contribution in [0.2, 0.25) is 0 Å². The molecule has 0 N–H and O–H groups in total. The Bertz CT molecular complexity index is 963. The molecule has 0 saturated carbocycles. The Hall–Kier alpha value is -3.24. The molecule has 0 aliphatic heterocycles. The number of ether oxygens (including phenoxy) is 1. The highest BCUT2D eigenvalue weighted by Gasteiger charge is 2.35. The summed E-state index contributed by atoms with van der Waals surface area (Å²) in [6, 6.07) is 29.7. The second-order valence-corrected chi connectivity index (χ2v) is 7.23. The van der Waals surface area contributed by atoms with Crippen LogP contribution in [-0.4, -0.2) is 7.11 Å². The van der Waals surface area contributed by atoms with Crippen molar-refractivity contribution in [2.75, 3.05) is 7.11 Å². The van der Waals surface area contributed by atoms with Gasteiger partial charge in [-0.1, -0.05) is 78.6 Å². The summed E-state index contributed by atoms with van der Waals surface area (Å²) < 4.78 is 5.21. The fraction of sp³-hybridized carbons (Fsp3) is 0.185. The first-order valence-corrected chi connectivity index (χ1v) is 9.76. The lowest BCUT2D eigenvalue weighted by molar-refractivity contribution is 0.415. The average molecular weight is 364 g/mol. The molecule has 0 atom stereocenters. The van der Waals surface area contributed by atoms with E-state index >= 15 is 0 Å². The van der Waals surface area contributed by atoms with Crippen molar-refractivity contribution in [1.82, 2.24) is 0 Å². The van der Waals surface area contributed by atoms with Crippen LogP contribution in [0.25, 0.3) is 0 Å². The maximum absolute atomic E-state index is 5.21. The smallest absolute Gasteiger partial charge is 0.118 e. The Labute approximate surface area is 167 Å². The quantitative estimate of drug-likeness (QED) is 0.507. The van der Waals surface area contributed by atoms with Crippen LogP contribution in [0, 0.1) is 11.8 Å². The summed E-state index contributed by atoms with van der Waals surface area (Å²) in [4.78, 5) is 0. The topological polar surface area (TPSA) is 9.23 Å². The summed E-state index contributed by atoms with van der Waals surface area (Å²) in [6.45, 7) is 0. The van der Waals surface area contributed by atoms with Crippen LogP contribution < -0.4 is 4.74 Å². The highest BCUT2D eigenvalue weighted by atomic mass is 16.5. The molecule has 0 saturated heterocycles. The molecule has 0 spiro atoms. The fourth-order valence-corrected chi connectivity index (χ4v) is 4.00. The van der Waals surface area contributed by atoms with Crippen LogP contribution >= 0.6 is 0 Å². The van der Waals surface area contributed by atoms with Gasteiger partial charge in [0, 0.05) is 11.0 Å². The van der Waals surface area contributed by atoms with E-state index in [1.807, 2.05) is 24.3 Å². The van der Waals surface area contributed by atoms with Crippen molar-refractivity contribution in [3.8, 4) is 17.6 Å². The number of hydrogen-bond donors (Lipinski definition) is 0. The first-order valence-electron chi connectivity index (χ1n) is 9.76. The third-order valence-corrected chi connectivity index (χ3v) is 5.63. The minimum absolute atomic E-state index is 0.0355. The van der Waals surface area contributed by atoms with Gasteiger partial charge in [0.05, 0.1) is 7.11 Å². The van der Waals surface area contributed by atoms with Gasteiger partial charge in [0.1, 0.15) is 5.75 Å². The first kappa shape index (κ1) is 18.1. The Morgan fingerprint density at radius 1 is 0.750 bits per heavy atom. The Morgan fingerprint density at radius 3 is 1.86 bits per heavy atom. The van der Waals surface area contributed by atoms with E-state index in [-0.39, 0.29) is 5.41 Å². The van der Waals surface area contributed by atoms with E-state index < -0.39 is 0 Å². The number of allylic oxidation sites excluding steroid dienone is 2. The normalized spacial score (nSPS) is 15.1. The van der Waals surface area contributed by atoms with Crippen LogP contribution in [-0.2, 0) is 5.41 Å². The molecule has 3 aromatic rings. The molecule has 0 amide bonds. The zero-order valence-electron chi connectivity index (χ0n) is 16.2. The molecule has 28 heavy (non-hydrogen) atoms. The number of benzene rings is 3. The molecule has 138 valence electrons. The SMILES string of the molecule is COc1ccc(C#CC2=CCC(c3ccccc3)(c3ccccc3)CC2)cc1. The highest BCUT2D eigenvalue weighted by Crippen LogP contribution is 2.44. The van der Waals surface area contributed by atoms with Crippen molar-refractivity contribution in [2.24, 2.45) is 0 Å². The van der Waals surface area contributed by atoms with E-state index in [1.165, 1.54) is 16.7 Å². The van der Waals surface area contributed by atoms with E-state index in [2.05, 4.69) is 78.6 Å². The molecule has 0 bridgehead atoms. The molecular formula is C27H24O. The predicted octanol–water partition coefficient (Wildman–Crippen LogP) is 6.14. The Morgan fingerprint density at radius 2 is 1.36 bits per heavy atom. The molecular weight excluding hydrogens is 340 g/mol. The van der Waals surface area contributed by atoms with Gasteiger partial charge in [-0.3, -0.25) is 0 Å². The fourth-order valence-electron chi connectivity index (χ4n) is 4.00. The molecule has 0 fully saturated rings. The molecule has 0 radical (unpaired) electrons. The van der Waals surface area contributed by atoms with Crippen LogP contribution in [0.1, 0.15) is 36.0 Å². The summed E-state index contributed by atoms with van der Waals surface area (Å²) in [6.07, 6.45) is 5.38. The van der Waals surface area contributed by atoms with Gasteiger partial charge in [-0.25, -0.2) is 0 Å². The average Bonchev–Trinajstić information content (AvgIpc) is 2.79. The third-order valence-electron chi connectivity index (χ3n) is 5.63. The van der Waals surface area contributed by atoms with Gasteiger partial charge in [-0.05, 0) is 60.2 Å². The summed E-state index contributed by atoms with van der Waals surface area (Å²) in [5.74, 6) is 7.54. The van der Waals surface area contributed by atoms with E-state index in [9.17, 15) is 0 Å². The molecule has 3 aromatic carbocycles. The van der Waals surface area contributed by atoms with E-state index in [1.54, 1.807) is 7.11 Å². The highest BCUT2D eigenvalue weighted by molar-refractivity contribution is 5.47. The molecule has 0 unspecified atom stereocenters. The van der Waals surface area contributed by atoms with Gasteiger partial charge in [0.15, 0.2) is 0 Å². The molecule has 1 heteroatoms. The first-order chi connectivity index (χ1) is 13.8. The number of hydrogen-bond acceptors (Lipinski definition) is 1. The molecule has 4 rings (SSSR count). The van der Waals surface area contributed by atoms with Crippen molar-refractivity contribution < 1.29 is 4.74 Å². The van der Waals surface area contributed by atoms with E-state index in [0.29, 0.717) is 0 Å². The summed E-state index contributed by atoms with van der Waals surface area (Å²) in [7, 11) is 1.68. The zero-order valence-corrected chi connectivity index (χ0v) is 16.2.